The molecular weight excluding hydrogens is 316 g/mol. The summed E-state index contributed by atoms with van der Waals surface area (Å²) in [6, 6.07) is 11.1. The molecular formula is C17H17ClN2O3. The van der Waals surface area contributed by atoms with Gasteiger partial charge in [-0.25, -0.2) is 0 Å². The van der Waals surface area contributed by atoms with Crippen molar-refractivity contribution in [2.45, 2.75) is 24.9 Å². The Bertz CT molecular complexity index is 713. The fourth-order valence-electron chi connectivity index (χ4n) is 3.41. The minimum Gasteiger partial charge on any atom is -0.426 e. The second-order valence-electron chi connectivity index (χ2n) is 6.10. The molecule has 1 aliphatic heterocycles. The van der Waals surface area contributed by atoms with E-state index in [4.69, 9.17) is 20.8 Å². The minimum absolute atomic E-state index is 0.0323. The summed E-state index contributed by atoms with van der Waals surface area (Å²) in [5.74, 6) is 1.45. The Morgan fingerprint density at radius 2 is 2.04 bits per heavy atom. The van der Waals surface area contributed by atoms with Crippen LogP contribution >= 0.6 is 11.6 Å². The second-order valence-corrected chi connectivity index (χ2v) is 6.47. The smallest absolute Gasteiger partial charge is 0.291 e. The van der Waals surface area contributed by atoms with E-state index in [0.717, 1.165) is 13.0 Å². The molecule has 120 valence electrons. The van der Waals surface area contributed by atoms with Crippen molar-refractivity contribution in [2.75, 3.05) is 6.54 Å². The Morgan fingerprint density at radius 3 is 2.65 bits per heavy atom. The summed E-state index contributed by atoms with van der Waals surface area (Å²) in [6.45, 7) is 1.01. The summed E-state index contributed by atoms with van der Waals surface area (Å²) in [5.41, 5.74) is 0.630. The van der Waals surface area contributed by atoms with Crippen LogP contribution < -0.4 is 15.4 Å². The number of furan rings is 1. The molecule has 1 aliphatic carbocycles. The van der Waals surface area contributed by atoms with Crippen molar-refractivity contribution >= 4 is 17.5 Å². The van der Waals surface area contributed by atoms with Gasteiger partial charge in [0.25, 0.3) is 11.9 Å². The molecule has 4 rings (SSSR count). The van der Waals surface area contributed by atoms with Gasteiger partial charge in [-0.15, -0.1) is 0 Å². The molecule has 2 N–H and O–H groups in total. The minimum atomic E-state index is -0.0323. The average Bonchev–Trinajstić information content (AvgIpc) is 3.25. The summed E-state index contributed by atoms with van der Waals surface area (Å²) in [6.07, 6.45) is 2.19. The zero-order valence-corrected chi connectivity index (χ0v) is 13.2. The van der Waals surface area contributed by atoms with Crippen LogP contribution in [0, 0.1) is 5.92 Å². The van der Waals surface area contributed by atoms with Crippen LogP contribution in [0.4, 0.5) is 0 Å². The molecule has 2 heterocycles. The van der Waals surface area contributed by atoms with Crippen molar-refractivity contribution < 1.29 is 13.9 Å². The first-order valence-corrected chi connectivity index (χ1v) is 8.13. The van der Waals surface area contributed by atoms with E-state index in [1.54, 1.807) is 36.4 Å². The molecule has 2 bridgehead atoms. The van der Waals surface area contributed by atoms with Gasteiger partial charge in [0.15, 0.2) is 5.22 Å². The fourth-order valence-corrected chi connectivity index (χ4v) is 3.55. The fraction of sp³-hybridized carbons (Fsp3) is 0.353. The molecule has 6 heteroatoms. The summed E-state index contributed by atoms with van der Waals surface area (Å²) in [4.78, 5) is 12.3. The molecule has 1 amide bonds. The predicted molar refractivity (Wildman–Crippen MR) is 86.0 cm³/mol. The van der Waals surface area contributed by atoms with Crippen LogP contribution in [0.3, 0.4) is 0 Å². The third kappa shape index (κ3) is 3.07. The highest BCUT2D eigenvalue weighted by Gasteiger charge is 2.40. The number of rotatable bonds is 4. The summed E-state index contributed by atoms with van der Waals surface area (Å²) in [7, 11) is 0. The van der Waals surface area contributed by atoms with E-state index in [1.165, 1.54) is 6.42 Å². The van der Waals surface area contributed by atoms with E-state index in [1.807, 2.05) is 0 Å². The van der Waals surface area contributed by atoms with Crippen LogP contribution in [0.15, 0.2) is 40.8 Å². The molecule has 1 aromatic heterocycles. The van der Waals surface area contributed by atoms with Gasteiger partial charge in [-0.3, -0.25) is 4.79 Å². The molecule has 5 nitrogen and oxygen atoms in total. The number of nitrogens with one attached hydrogen (secondary N) is 2. The van der Waals surface area contributed by atoms with Gasteiger partial charge in [-0.1, -0.05) is 0 Å². The van der Waals surface area contributed by atoms with Crippen molar-refractivity contribution in [3.05, 3.63) is 47.2 Å². The number of benzene rings is 1. The summed E-state index contributed by atoms with van der Waals surface area (Å²) in [5, 5.41) is 6.86. The lowest BCUT2D eigenvalue weighted by atomic mass is 10.0. The molecule has 2 aliphatic rings. The van der Waals surface area contributed by atoms with E-state index in [9.17, 15) is 4.79 Å². The number of halogens is 1. The van der Waals surface area contributed by atoms with E-state index in [-0.39, 0.29) is 17.2 Å². The van der Waals surface area contributed by atoms with Crippen LogP contribution in [0.5, 0.6) is 11.7 Å². The van der Waals surface area contributed by atoms with Gasteiger partial charge >= 0.3 is 0 Å². The third-order valence-electron chi connectivity index (χ3n) is 4.56. The third-order valence-corrected chi connectivity index (χ3v) is 4.77. The van der Waals surface area contributed by atoms with Gasteiger partial charge in [0.2, 0.25) is 0 Å². The van der Waals surface area contributed by atoms with Crippen LogP contribution in [0.2, 0.25) is 5.22 Å². The quantitative estimate of drug-likeness (QED) is 0.902. The van der Waals surface area contributed by atoms with Crippen molar-refractivity contribution in [1.82, 2.24) is 10.6 Å². The topological polar surface area (TPSA) is 63.5 Å². The SMILES string of the molecule is O=C(NC1CC2CC1CN2)c1ccc(Oc2ccc(Cl)o2)cc1. The van der Waals surface area contributed by atoms with E-state index in [2.05, 4.69) is 10.6 Å². The number of hydrogen-bond donors (Lipinski definition) is 2. The molecule has 0 spiro atoms. The number of fused-ring (bicyclic) bond motifs is 2. The van der Waals surface area contributed by atoms with Gasteiger partial charge in [-0.2, -0.15) is 0 Å². The molecule has 1 saturated carbocycles. The highest BCUT2D eigenvalue weighted by molar-refractivity contribution is 6.28. The summed E-state index contributed by atoms with van der Waals surface area (Å²) >= 11 is 5.70. The first-order chi connectivity index (χ1) is 11.2. The molecule has 3 unspecified atom stereocenters. The number of carbonyl (C=O) groups is 1. The second kappa shape index (κ2) is 5.91. The van der Waals surface area contributed by atoms with Crippen LogP contribution in [-0.4, -0.2) is 24.5 Å². The maximum atomic E-state index is 12.3. The number of piperidine rings is 1. The average molecular weight is 333 g/mol. The molecule has 0 radical (unpaired) electrons. The Hall–Kier alpha value is -1.98. The number of hydrogen-bond acceptors (Lipinski definition) is 4. The number of carbonyl (C=O) groups excluding carboxylic acids is 1. The maximum absolute atomic E-state index is 12.3. The van der Waals surface area contributed by atoms with Crippen LogP contribution in [0.25, 0.3) is 0 Å². The lowest BCUT2D eigenvalue weighted by Crippen LogP contribution is -2.44. The van der Waals surface area contributed by atoms with Crippen LogP contribution in [0.1, 0.15) is 23.2 Å². The number of amides is 1. The standard InChI is InChI=1S/C17H17ClN2O3/c18-15-5-6-16(23-15)22-13-3-1-10(2-4-13)17(21)20-14-8-12-7-11(14)9-19-12/h1-6,11-12,14,19H,7-9H2,(H,20,21). The van der Waals surface area contributed by atoms with Crippen molar-refractivity contribution in [3.63, 3.8) is 0 Å². The predicted octanol–water partition coefficient (Wildman–Crippen LogP) is 3.21. The van der Waals surface area contributed by atoms with Gasteiger partial charge in [0.05, 0.1) is 0 Å². The first kappa shape index (κ1) is 14.6. The molecule has 23 heavy (non-hydrogen) atoms. The molecule has 1 aromatic carbocycles. The van der Waals surface area contributed by atoms with E-state index < -0.39 is 0 Å². The molecule has 2 aromatic rings. The molecule has 3 atom stereocenters. The largest absolute Gasteiger partial charge is 0.426 e. The van der Waals surface area contributed by atoms with Gasteiger partial charge in [0.1, 0.15) is 5.75 Å². The highest BCUT2D eigenvalue weighted by Crippen LogP contribution is 2.31. The van der Waals surface area contributed by atoms with Crippen molar-refractivity contribution in [2.24, 2.45) is 5.92 Å². The normalized spacial score (nSPS) is 25.5. The van der Waals surface area contributed by atoms with Crippen LogP contribution in [-0.2, 0) is 0 Å². The Labute approximate surface area is 139 Å². The van der Waals surface area contributed by atoms with Crippen molar-refractivity contribution in [3.8, 4) is 11.7 Å². The molecule has 2 fully saturated rings. The Morgan fingerprint density at radius 1 is 1.22 bits per heavy atom. The maximum Gasteiger partial charge on any atom is 0.291 e. The van der Waals surface area contributed by atoms with Gasteiger partial charge in [-0.05, 0) is 54.6 Å². The van der Waals surface area contributed by atoms with Gasteiger partial charge < -0.3 is 19.8 Å². The zero-order valence-electron chi connectivity index (χ0n) is 12.4. The zero-order chi connectivity index (χ0) is 15.8. The van der Waals surface area contributed by atoms with Crippen molar-refractivity contribution in [1.29, 1.82) is 0 Å². The van der Waals surface area contributed by atoms with Gasteiger partial charge in [0, 0.05) is 36.3 Å². The Balaban J connectivity index is 1.38. The van der Waals surface area contributed by atoms with E-state index >= 15 is 0 Å². The van der Waals surface area contributed by atoms with E-state index in [0.29, 0.717) is 29.2 Å². The first-order valence-electron chi connectivity index (χ1n) is 7.75. The molecule has 1 saturated heterocycles. The lowest BCUT2D eigenvalue weighted by molar-refractivity contribution is 0.0925. The lowest BCUT2D eigenvalue weighted by Gasteiger charge is -2.23. The monoisotopic (exact) mass is 332 g/mol. The summed E-state index contributed by atoms with van der Waals surface area (Å²) < 4.78 is 10.7. The Kier molecular flexibility index (Phi) is 3.75. The highest BCUT2D eigenvalue weighted by atomic mass is 35.5. The number of ether oxygens (including phenoxy) is 1.